The molecular weight excluding hydrogens is 394 g/mol. The number of carbonyl (C=O) groups is 3. The molecule has 8 heteroatoms. The van der Waals surface area contributed by atoms with E-state index in [0.717, 1.165) is 38.0 Å². The average molecular weight is 419 g/mol. The van der Waals surface area contributed by atoms with Gasteiger partial charge in [0.1, 0.15) is 6.04 Å². The van der Waals surface area contributed by atoms with Gasteiger partial charge >= 0.3 is 0 Å². The number of aromatic nitrogens is 2. The first-order valence-corrected chi connectivity index (χ1v) is 10.8. The average Bonchev–Trinajstić information content (AvgIpc) is 3.10. The first-order chi connectivity index (χ1) is 15.1. The number of nitrogens with one attached hydrogen (secondary N) is 1. The van der Waals surface area contributed by atoms with Crippen molar-refractivity contribution in [3.8, 4) is 0 Å². The molecule has 1 N–H and O–H groups in total. The number of fused-ring (bicyclic) bond motifs is 1. The normalized spacial score (nSPS) is 22.5. The van der Waals surface area contributed by atoms with E-state index in [1.54, 1.807) is 11.1 Å². The molecule has 0 saturated carbocycles. The fourth-order valence-corrected chi connectivity index (χ4v) is 4.94. The van der Waals surface area contributed by atoms with Crippen LogP contribution in [0.4, 0.5) is 0 Å². The van der Waals surface area contributed by atoms with E-state index in [4.69, 9.17) is 0 Å². The predicted octanol–water partition coefficient (Wildman–Crippen LogP) is 1.62. The first kappa shape index (κ1) is 19.8. The molecule has 4 heterocycles. The standard InChI is InChI=1S/C23H25N5O3/c29-21-4-3-20(22(30)26-21)28-14-18-11-17(1-2-19(18)23(28)31)16-6-9-27(10-7-16)13-15-5-8-24-25-12-15/h1-2,5,8,11-12,16,20H,3-4,6-7,9-10,13-14H2,(H,26,29,30). The van der Waals surface area contributed by atoms with Crippen LogP contribution in [0, 0.1) is 0 Å². The SMILES string of the molecule is O=C1CCC(N2Cc3cc(C4CCN(Cc5ccnnc5)CC4)ccc3C2=O)C(=O)N1. The number of carbonyl (C=O) groups excluding carboxylic acids is 3. The zero-order chi connectivity index (χ0) is 21.4. The maximum atomic E-state index is 12.9. The van der Waals surface area contributed by atoms with Crippen LogP contribution in [0.3, 0.4) is 0 Å². The van der Waals surface area contributed by atoms with E-state index in [1.165, 1.54) is 11.1 Å². The molecule has 3 aliphatic heterocycles. The summed E-state index contributed by atoms with van der Waals surface area (Å²) in [5.74, 6) is -0.276. The van der Waals surface area contributed by atoms with Gasteiger partial charge in [0, 0.05) is 31.3 Å². The Balaban J connectivity index is 1.24. The molecule has 2 saturated heterocycles. The van der Waals surface area contributed by atoms with E-state index in [2.05, 4.69) is 32.5 Å². The molecule has 31 heavy (non-hydrogen) atoms. The minimum Gasteiger partial charge on any atom is -0.322 e. The predicted molar refractivity (Wildman–Crippen MR) is 112 cm³/mol. The molecule has 3 aliphatic rings. The highest BCUT2D eigenvalue weighted by molar-refractivity contribution is 6.05. The van der Waals surface area contributed by atoms with E-state index in [1.807, 2.05) is 18.3 Å². The van der Waals surface area contributed by atoms with Crippen molar-refractivity contribution in [1.29, 1.82) is 0 Å². The van der Waals surface area contributed by atoms with Crippen LogP contribution < -0.4 is 5.32 Å². The Labute approximate surface area is 180 Å². The lowest BCUT2D eigenvalue weighted by atomic mass is 9.88. The molecule has 1 aromatic carbocycles. The van der Waals surface area contributed by atoms with Gasteiger partial charge in [0.25, 0.3) is 5.91 Å². The van der Waals surface area contributed by atoms with Crippen molar-refractivity contribution in [2.24, 2.45) is 0 Å². The van der Waals surface area contributed by atoms with Gasteiger partial charge in [0.15, 0.2) is 0 Å². The maximum Gasteiger partial charge on any atom is 0.255 e. The van der Waals surface area contributed by atoms with E-state index in [-0.39, 0.29) is 24.1 Å². The minimum absolute atomic E-state index is 0.114. The van der Waals surface area contributed by atoms with Gasteiger partial charge in [-0.3, -0.25) is 24.6 Å². The smallest absolute Gasteiger partial charge is 0.255 e. The van der Waals surface area contributed by atoms with Crippen LogP contribution >= 0.6 is 0 Å². The van der Waals surface area contributed by atoms with Crippen LogP contribution in [0.1, 0.15) is 58.6 Å². The zero-order valence-corrected chi connectivity index (χ0v) is 17.3. The van der Waals surface area contributed by atoms with E-state index >= 15 is 0 Å². The van der Waals surface area contributed by atoms with Crippen molar-refractivity contribution in [2.75, 3.05) is 13.1 Å². The van der Waals surface area contributed by atoms with E-state index < -0.39 is 6.04 Å². The highest BCUT2D eigenvalue weighted by Crippen LogP contribution is 2.33. The summed E-state index contributed by atoms with van der Waals surface area (Å²) in [4.78, 5) is 40.6. The Hall–Kier alpha value is -3.13. The molecule has 0 bridgehead atoms. The number of amides is 3. The summed E-state index contributed by atoms with van der Waals surface area (Å²) in [5, 5.41) is 10.1. The molecule has 5 rings (SSSR count). The summed E-state index contributed by atoms with van der Waals surface area (Å²) in [6, 6.07) is 7.56. The third-order valence-corrected chi connectivity index (χ3v) is 6.66. The van der Waals surface area contributed by atoms with Gasteiger partial charge in [-0.25, -0.2) is 0 Å². The summed E-state index contributed by atoms with van der Waals surface area (Å²) in [6.07, 6.45) is 6.35. The number of hydrogen-bond donors (Lipinski definition) is 1. The summed E-state index contributed by atoms with van der Waals surface area (Å²) >= 11 is 0. The van der Waals surface area contributed by atoms with Crippen LogP contribution in [0.25, 0.3) is 0 Å². The molecule has 0 radical (unpaired) electrons. The third-order valence-electron chi connectivity index (χ3n) is 6.66. The van der Waals surface area contributed by atoms with Crippen molar-refractivity contribution in [1.82, 2.24) is 25.3 Å². The molecule has 0 spiro atoms. The van der Waals surface area contributed by atoms with Crippen LogP contribution in [0.15, 0.2) is 36.7 Å². The summed E-state index contributed by atoms with van der Waals surface area (Å²) in [5.41, 5.74) is 4.11. The molecule has 1 unspecified atom stereocenters. The summed E-state index contributed by atoms with van der Waals surface area (Å²) in [6.45, 7) is 3.36. The van der Waals surface area contributed by atoms with Crippen molar-refractivity contribution in [3.05, 3.63) is 58.9 Å². The lowest BCUT2D eigenvalue weighted by molar-refractivity contribution is -0.136. The molecule has 1 aromatic heterocycles. The van der Waals surface area contributed by atoms with Crippen LogP contribution in [0.2, 0.25) is 0 Å². The number of benzene rings is 1. The number of piperidine rings is 2. The van der Waals surface area contributed by atoms with Gasteiger partial charge in [-0.15, -0.1) is 0 Å². The number of nitrogens with zero attached hydrogens (tertiary/aromatic N) is 4. The molecule has 1 atom stereocenters. The second kappa shape index (κ2) is 8.19. The topological polar surface area (TPSA) is 95.5 Å². The van der Waals surface area contributed by atoms with Crippen LogP contribution in [-0.2, 0) is 22.7 Å². The molecule has 0 aliphatic carbocycles. The minimum atomic E-state index is -0.563. The van der Waals surface area contributed by atoms with Crippen molar-refractivity contribution in [2.45, 2.75) is 50.7 Å². The molecule has 2 fully saturated rings. The summed E-state index contributed by atoms with van der Waals surface area (Å²) < 4.78 is 0. The van der Waals surface area contributed by atoms with Gasteiger partial charge in [-0.05, 0) is 67.1 Å². The third kappa shape index (κ3) is 3.95. The second-order valence-electron chi connectivity index (χ2n) is 8.62. The molecule has 2 aromatic rings. The molecule has 3 amide bonds. The molecule has 8 nitrogen and oxygen atoms in total. The van der Waals surface area contributed by atoms with Crippen LogP contribution in [0.5, 0.6) is 0 Å². The number of rotatable bonds is 4. The molecule has 160 valence electrons. The highest BCUT2D eigenvalue weighted by Gasteiger charge is 2.39. The number of imide groups is 1. The monoisotopic (exact) mass is 419 g/mol. The highest BCUT2D eigenvalue weighted by atomic mass is 16.2. The number of likely N-dealkylation sites (tertiary alicyclic amines) is 1. The zero-order valence-electron chi connectivity index (χ0n) is 17.3. The largest absolute Gasteiger partial charge is 0.322 e. The van der Waals surface area contributed by atoms with Crippen molar-refractivity contribution < 1.29 is 14.4 Å². The Kier molecular flexibility index (Phi) is 5.23. The van der Waals surface area contributed by atoms with Gasteiger partial charge in [-0.2, -0.15) is 10.2 Å². The maximum absolute atomic E-state index is 12.9. The Morgan fingerprint density at radius 2 is 1.87 bits per heavy atom. The van der Waals surface area contributed by atoms with Gasteiger partial charge in [0.2, 0.25) is 11.8 Å². The second-order valence-corrected chi connectivity index (χ2v) is 8.62. The lowest BCUT2D eigenvalue weighted by Gasteiger charge is -2.32. The Bertz CT molecular complexity index is 1020. The van der Waals surface area contributed by atoms with Crippen LogP contribution in [-0.4, -0.2) is 56.9 Å². The molecular formula is C23H25N5O3. The fraction of sp³-hybridized carbons (Fsp3) is 0.435. The van der Waals surface area contributed by atoms with E-state index in [9.17, 15) is 14.4 Å². The summed E-state index contributed by atoms with van der Waals surface area (Å²) in [7, 11) is 0. The van der Waals surface area contributed by atoms with Crippen molar-refractivity contribution >= 4 is 17.7 Å². The van der Waals surface area contributed by atoms with Crippen molar-refractivity contribution in [3.63, 3.8) is 0 Å². The Morgan fingerprint density at radius 3 is 2.61 bits per heavy atom. The number of hydrogen-bond acceptors (Lipinski definition) is 6. The fourth-order valence-electron chi connectivity index (χ4n) is 4.94. The van der Waals surface area contributed by atoms with Gasteiger partial charge < -0.3 is 4.90 Å². The van der Waals surface area contributed by atoms with Gasteiger partial charge in [0.05, 0.1) is 6.20 Å². The first-order valence-electron chi connectivity index (χ1n) is 10.8. The quantitative estimate of drug-likeness (QED) is 0.757. The lowest BCUT2D eigenvalue weighted by Crippen LogP contribution is -2.52. The van der Waals surface area contributed by atoms with Gasteiger partial charge in [-0.1, -0.05) is 12.1 Å². The van der Waals surface area contributed by atoms with E-state index in [0.29, 0.717) is 24.4 Å². The Morgan fingerprint density at radius 1 is 1.03 bits per heavy atom.